The average molecular weight is 609 g/mol. The number of hydrogen-bond donors (Lipinski definition) is 2. The number of benzene rings is 2. The van der Waals surface area contributed by atoms with E-state index in [2.05, 4.69) is 93.5 Å². The molecule has 0 radical (unpaired) electrons. The molecule has 2 rings (SSSR count). The minimum Gasteiger partial charge on any atom is -0.507 e. The molecule has 0 saturated carbocycles. The van der Waals surface area contributed by atoms with Gasteiger partial charge in [-0.15, -0.1) is 0 Å². The third-order valence-electron chi connectivity index (χ3n) is 10.4. The highest BCUT2D eigenvalue weighted by molar-refractivity contribution is 6.85. The maximum Gasteiger partial charge on any atom is 0.121 e. The van der Waals surface area contributed by atoms with Crippen molar-refractivity contribution in [3.05, 3.63) is 57.6 Å². The molecule has 2 nitrogen and oxygen atoms in total. The van der Waals surface area contributed by atoms with E-state index in [1.807, 2.05) is 0 Å². The van der Waals surface area contributed by atoms with Crippen LogP contribution < -0.4 is 0 Å². The van der Waals surface area contributed by atoms with Gasteiger partial charge in [-0.2, -0.15) is 0 Å². The Balaban J connectivity index is 2.48. The summed E-state index contributed by atoms with van der Waals surface area (Å²) in [6, 6.07) is 11.9. The molecule has 0 saturated heterocycles. The number of aromatic hydroxyl groups is 2. The molecule has 0 aromatic heterocycles. The summed E-state index contributed by atoms with van der Waals surface area (Å²) in [5, 5.41) is 22.8. The molecule has 0 aliphatic heterocycles. The van der Waals surface area contributed by atoms with Crippen molar-refractivity contribution in [3.8, 4) is 11.5 Å². The van der Waals surface area contributed by atoms with Crippen molar-refractivity contribution in [2.24, 2.45) is 0 Å². The van der Waals surface area contributed by atoms with Gasteiger partial charge in [0.2, 0.25) is 0 Å². The molecule has 0 aliphatic rings. The molecule has 2 N–H and O–H groups in total. The summed E-state index contributed by atoms with van der Waals surface area (Å²) < 4.78 is 0. The molecule has 0 atom stereocenters. The highest BCUT2D eigenvalue weighted by atomic mass is 28.3. The predicted octanol–water partition coefficient (Wildman–Crippen LogP) is 12.3. The van der Waals surface area contributed by atoms with Crippen LogP contribution in [-0.4, -0.2) is 18.3 Å². The molecule has 244 valence electrons. The van der Waals surface area contributed by atoms with Gasteiger partial charge in [-0.3, -0.25) is 0 Å². The Morgan fingerprint density at radius 2 is 0.721 bits per heavy atom. The largest absolute Gasteiger partial charge is 0.507 e. The quantitative estimate of drug-likeness (QED) is 0.165. The lowest BCUT2D eigenvalue weighted by atomic mass is 9.96. The molecule has 2 aromatic rings. The van der Waals surface area contributed by atoms with E-state index < -0.39 is 8.07 Å². The van der Waals surface area contributed by atoms with E-state index in [0.29, 0.717) is 11.5 Å². The van der Waals surface area contributed by atoms with Crippen LogP contribution in [0.1, 0.15) is 154 Å². The molecular formula is C40H68O2Si. The van der Waals surface area contributed by atoms with Gasteiger partial charge < -0.3 is 10.2 Å². The van der Waals surface area contributed by atoms with Crippen LogP contribution in [0.4, 0.5) is 0 Å². The summed E-state index contributed by atoms with van der Waals surface area (Å²) in [5.41, 5.74) is 7.49. The van der Waals surface area contributed by atoms with Crippen molar-refractivity contribution < 1.29 is 10.2 Å². The van der Waals surface area contributed by atoms with E-state index in [9.17, 15) is 10.2 Å². The van der Waals surface area contributed by atoms with Crippen LogP contribution in [0.3, 0.4) is 0 Å². The van der Waals surface area contributed by atoms with E-state index >= 15 is 0 Å². The third kappa shape index (κ3) is 10.1. The van der Waals surface area contributed by atoms with Crippen molar-refractivity contribution in [1.82, 2.24) is 0 Å². The SMILES string of the molecule is CCCCc1cc(CC[Si](CCc2cc(CCCC)c(O)c(CCCC)c2)(C(C)(C)C)C(C)(C)C)cc(CCCC)c1O. The summed E-state index contributed by atoms with van der Waals surface area (Å²) in [6.07, 6.45) is 15.2. The molecule has 0 fully saturated rings. The van der Waals surface area contributed by atoms with Gasteiger partial charge in [0, 0.05) is 0 Å². The second-order valence-electron chi connectivity index (χ2n) is 15.5. The molecule has 0 amide bonds. The number of phenolic OH excluding ortho intramolecular Hbond substituents is 2. The summed E-state index contributed by atoms with van der Waals surface area (Å²) in [4.78, 5) is 0. The molecule has 0 heterocycles. The first-order valence-electron chi connectivity index (χ1n) is 17.9. The Labute approximate surface area is 268 Å². The Bertz CT molecular complexity index is 971. The zero-order valence-corrected chi connectivity index (χ0v) is 31.0. The summed E-state index contributed by atoms with van der Waals surface area (Å²) >= 11 is 0. The Morgan fingerprint density at radius 3 is 0.930 bits per heavy atom. The monoisotopic (exact) mass is 608 g/mol. The summed E-state index contributed by atoms with van der Waals surface area (Å²) in [5.74, 6) is 1.12. The fourth-order valence-electron chi connectivity index (χ4n) is 7.65. The fraction of sp³-hybridized carbons (Fsp3) is 0.700. The second-order valence-corrected chi connectivity index (χ2v) is 21.7. The molecule has 0 aliphatic carbocycles. The molecule has 0 spiro atoms. The van der Waals surface area contributed by atoms with Gasteiger partial charge in [0.15, 0.2) is 0 Å². The Hall–Kier alpha value is -1.74. The summed E-state index contributed by atoms with van der Waals surface area (Å²) in [7, 11) is -1.89. The van der Waals surface area contributed by atoms with Crippen molar-refractivity contribution in [2.75, 3.05) is 0 Å². The first-order chi connectivity index (χ1) is 20.2. The second kappa shape index (κ2) is 17.1. The van der Waals surface area contributed by atoms with Crippen LogP contribution in [0.15, 0.2) is 24.3 Å². The number of unbranched alkanes of at least 4 members (excludes halogenated alkanes) is 4. The zero-order valence-electron chi connectivity index (χ0n) is 30.0. The topological polar surface area (TPSA) is 40.5 Å². The normalized spacial score (nSPS) is 12.7. The van der Waals surface area contributed by atoms with Crippen molar-refractivity contribution in [3.63, 3.8) is 0 Å². The van der Waals surface area contributed by atoms with Crippen LogP contribution >= 0.6 is 0 Å². The highest BCUT2D eigenvalue weighted by Crippen LogP contribution is 2.56. The van der Waals surface area contributed by atoms with E-state index in [1.54, 1.807) is 0 Å². The van der Waals surface area contributed by atoms with Gasteiger partial charge in [-0.25, -0.2) is 0 Å². The van der Waals surface area contributed by atoms with Crippen LogP contribution in [0.5, 0.6) is 11.5 Å². The predicted molar refractivity (Wildman–Crippen MR) is 193 cm³/mol. The number of hydrogen-bond acceptors (Lipinski definition) is 2. The van der Waals surface area contributed by atoms with Crippen molar-refractivity contribution in [1.29, 1.82) is 0 Å². The maximum atomic E-state index is 11.1. The lowest BCUT2D eigenvalue weighted by Gasteiger charge is -2.53. The van der Waals surface area contributed by atoms with Crippen LogP contribution in [0.2, 0.25) is 22.2 Å². The molecule has 43 heavy (non-hydrogen) atoms. The molecular weight excluding hydrogens is 541 g/mol. The van der Waals surface area contributed by atoms with Gasteiger partial charge in [0.1, 0.15) is 11.5 Å². The number of phenols is 2. The first kappa shape index (κ1) is 37.4. The zero-order chi connectivity index (χ0) is 32.3. The van der Waals surface area contributed by atoms with Gasteiger partial charge in [0.25, 0.3) is 0 Å². The summed E-state index contributed by atoms with van der Waals surface area (Å²) in [6.45, 7) is 24.0. The van der Waals surface area contributed by atoms with Crippen LogP contribution in [0, 0.1) is 0 Å². The third-order valence-corrected chi connectivity index (χ3v) is 18.4. The Kier molecular flexibility index (Phi) is 14.9. The molecule has 0 unspecified atom stereocenters. The maximum absolute atomic E-state index is 11.1. The number of aryl methyl sites for hydroxylation is 6. The molecule has 2 aromatic carbocycles. The van der Waals surface area contributed by atoms with Crippen LogP contribution in [-0.2, 0) is 38.5 Å². The van der Waals surface area contributed by atoms with E-state index in [0.717, 1.165) is 112 Å². The fourth-order valence-corrected chi connectivity index (χ4v) is 14.6. The van der Waals surface area contributed by atoms with Gasteiger partial charge in [-0.1, -0.05) is 131 Å². The van der Waals surface area contributed by atoms with Gasteiger partial charge >= 0.3 is 0 Å². The lowest BCUT2D eigenvalue weighted by Crippen LogP contribution is -2.52. The van der Waals surface area contributed by atoms with E-state index in [-0.39, 0.29) is 10.1 Å². The number of rotatable bonds is 18. The van der Waals surface area contributed by atoms with Crippen molar-refractivity contribution >= 4 is 8.07 Å². The van der Waals surface area contributed by atoms with E-state index in [4.69, 9.17) is 0 Å². The van der Waals surface area contributed by atoms with Crippen molar-refractivity contribution in [2.45, 2.75) is 181 Å². The standard InChI is InChI=1S/C40H68O2Si/c1-11-15-19-33-27-31(28-34(37(33)41)20-16-12-2)23-25-43(39(5,6)7,40(8,9)10)26-24-32-29-35(21-17-13-3)38(42)36(30-32)22-18-14-4/h27-30,41-42H,11-26H2,1-10H3. The first-order valence-corrected chi connectivity index (χ1v) is 20.3. The minimum atomic E-state index is -1.89. The smallest absolute Gasteiger partial charge is 0.121 e. The lowest BCUT2D eigenvalue weighted by molar-refractivity contribution is 0.458. The molecule has 0 bridgehead atoms. The molecule has 3 heteroatoms. The van der Waals surface area contributed by atoms with Gasteiger partial charge in [0.05, 0.1) is 8.07 Å². The highest BCUT2D eigenvalue weighted by Gasteiger charge is 2.51. The minimum absolute atomic E-state index is 0.255. The Morgan fingerprint density at radius 1 is 0.465 bits per heavy atom. The van der Waals surface area contributed by atoms with Gasteiger partial charge in [-0.05, 0) is 108 Å². The average Bonchev–Trinajstić information content (AvgIpc) is 2.94. The van der Waals surface area contributed by atoms with E-state index in [1.165, 1.54) is 23.2 Å². The van der Waals surface area contributed by atoms with Crippen LogP contribution in [0.25, 0.3) is 0 Å².